The summed E-state index contributed by atoms with van der Waals surface area (Å²) in [5.41, 5.74) is 2.79. The first-order valence-electron chi connectivity index (χ1n) is 14.6. The van der Waals surface area contributed by atoms with Crippen LogP contribution in [0.4, 0.5) is 0 Å². The monoisotopic (exact) mass is 618 g/mol. The summed E-state index contributed by atoms with van der Waals surface area (Å²) >= 11 is 0. The Morgan fingerprint density at radius 2 is 0.553 bits per heavy atom. The molecule has 6 aromatic rings. The molecule has 0 amide bonds. The lowest BCUT2D eigenvalue weighted by atomic mass is 9.98. The van der Waals surface area contributed by atoms with Crippen molar-refractivity contribution in [2.24, 2.45) is 0 Å². The Morgan fingerprint density at radius 3 is 0.830 bits per heavy atom. The number of carboxylic acids is 1. The van der Waals surface area contributed by atoms with Crippen LogP contribution in [-0.4, -0.2) is 28.4 Å². The molecule has 7 heteroatoms. The van der Waals surface area contributed by atoms with Crippen LogP contribution in [-0.2, 0) is 0 Å². The Morgan fingerprint density at radius 1 is 0.319 bits per heavy atom. The van der Waals surface area contributed by atoms with E-state index in [4.69, 9.17) is 14.6 Å². The van der Waals surface area contributed by atoms with Crippen LogP contribution in [0, 0.1) is 0 Å². The molecule has 0 spiro atoms. The van der Waals surface area contributed by atoms with Gasteiger partial charge in [-0.25, -0.2) is 4.79 Å². The molecule has 0 saturated carbocycles. The molecule has 0 aliphatic carbocycles. The number of carbonyl (C=O) groups is 4. The highest BCUT2D eigenvalue weighted by atomic mass is 16.5. The maximum absolute atomic E-state index is 13.1. The van der Waals surface area contributed by atoms with E-state index in [1.165, 1.54) is 24.3 Å². The van der Waals surface area contributed by atoms with Crippen molar-refractivity contribution in [1.82, 2.24) is 0 Å². The molecule has 0 aromatic heterocycles. The molecule has 0 heterocycles. The van der Waals surface area contributed by atoms with Gasteiger partial charge < -0.3 is 14.6 Å². The number of carbonyl (C=O) groups excluding carboxylic acids is 3. The minimum Gasteiger partial charge on any atom is -0.478 e. The first-order chi connectivity index (χ1) is 22.8. The first kappa shape index (κ1) is 30.4. The van der Waals surface area contributed by atoms with E-state index in [1.54, 1.807) is 97.1 Å². The molecular weight excluding hydrogens is 592 g/mol. The topological polar surface area (TPSA) is 107 Å². The number of hydrogen-bond donors (Lipinski definition) is 1. The van der Waals surface area contributed by atoms with Crippen LogP contribution in [0.3, 0.4) is 0 Å². The first-order valence-corrected chi connectivity index (χ1v) is 14.6. The SMILES string of the molecule is O=C(O)c1ccc(C(=O)c2ccc(Oc3ccc(C(=O)c4ccc(C(=O)c5ccc(Oc6ccccc6)cc5)cc4)cc3)cc2)cc1. The summed E-state index contributed by atoms with van der Waals surface area (Å²) in [6.07, 6.45) is 0. The van der Waals surface area contributed by atoms with Crippen molar-refractivity contribution >= 4 is 23.3 Å². The Kier molecular flexibility index (Phi) is 8.79. The minimum atomic E-state index is -1.06. The van der Waals surface area contributed by atoms with Gasteiger partial charge in [-0.3, -0.25) is 14.4 Å². The zero-order valence-electron chi connectivity index (χ0n) is 24.8. The van der Waals surface area contributed by atoms with Crippen molar-refractivity contribution in [2.75, 3.05) is 0 Å². The Balaban J connectivity index is 1.05. The minimum absolute atomic E-state index is 0.108. The molecule has 0 fully saturated rings. The van der Waals surface area contributed by atoms with Gasteiger partial charge in [0.05, 0.1) is 5.56 Å². The normalized spacial score (nSPS) is 10.6. The van der Waals surface area contributed by atoms with Crippen LogP contribution in [0.15, 0.2) is 152 Å². The van der Waals surface area contributed by atoms with Crippen LogP contribution in [0.25, 0.3) is 0 Å². The molecule has 0 bridgehead atoms. The van der Waals surface area contributed by atoms with Gasteiger partial charge in [0.25, 0.3) is 0 Å². The van der Waals surface area contributed by atoms with Gasteiger partial charge in [0.1, 0.15) is 23.0 Å². The van der Waals surface area contributed by atoms with Crippen molar-refractivity contribution in [3.63, 3.8) is 0 Å². The number of para-hydroxylation sites is 1. The van der Waals surface area contributed by atoms with Crippen LogP contribution in [0.1, 0.15) is 58.1 Å². The van der Waals surface area contributed by atoms with E-state index < -0.39 is 5.97 Å². The predicted octanol–water partition coefficient (Wildman–Crippen LogP) is 8.66. The van der Waals surface area contributed by atoms with E-state index in [0.29, 0.717) is 56.4 Å². The summed E-state index contributed by atoms with van der Waals surface area (Å²) < 4.78 is 11.7. The van der Waals surface area contributed by atoms with Gasteiger partial charge in [-0.15, -0.1) is 0 Å². The summed E-state index contributed by atoms with van der Waals surface area (Å²) in [6, 6.07) is 41.8. The summed E-state index contributed by atoms with van der Waals surface area (Å²) in [6.45, 7) is 0. The number of ether oxygens (including phenoxy) is 2. The second kappa shape index (κ2) is 13.6. The maximum Gasteiger partial charge on any atom is 0.335 e. The van der Waals surface area contributed by atoms with Crippen LogP contribution in [0.5, 0.6) is 23.0 Å². The van der Waals surface area contributed by atoms with E-state index in [2.05, 4.69) is 0 Å². The molecule has 1 N–H and O–H groups in total. The summed E-state index contributed by atoms with van der Waals surface area (Å²) in [7, 11) is 0. The molecule has 0 aliphatic heterocycles. The van der Waals surface area contributed by atoms with E-state index in [9.17, 15) is 19.2 Å². The third-order valence-corrected chi connectivity index (χ3v) is 7.37. The Bertz CT molecular complexity index is 2050. The van der Waals surface area contributed by atoms with Crippen molar-refractivity contribution < 1.29 is 33.8 Å². The molecule has 47 heavy (non-hydrogen) atoms. The maximum atomic E-state index is 13.1. The lowest BCUT2D eigenvalue weighted by Gasteiger charge is -2.09. The van der Waals surface area contributed by atoms with Crippen LogP contribution >= 0.6 is 0 Å². The standard InChI is InChI=1S/C40H26O7/c41-37(29-14-20-34(21-15-29)46-33-4-2-1-3-5-33)26-6-8-27(9-7-26)38(42)30-16-22-35(23-17-30)47-36-24-18-31(19-25-36)39(43)28-10-12-32(13-11-28)40(44)45/h1-25H,(H,44,45). The zero-order valence-corrected chi connectivity index (χ0v) is 24.8. The molecule has 0 saturated heterocycles. The van der Waals surface area contributed by atoms with Crippen LogP contribution < -0.4 is 9.47 Å². The second-order valence-corrected chi connectivity index (χ2v) is 10.5. The second-order valence-electron chi connectivity index (χ2n) is 10.5. The fraction of sp³-hybridized carbons (Fsp3) is 0. The molecule has 0 atom stereocenters. The van der Waals surface area contributed by atoms with Gasteiger partial charge in [0, 0.05) is 33.4 Å². The van der Waals surface area contributed by atoms with Crippen LogP contribution in [0.2, 0.25) is 0 Å². The van der Waals surface area contributed by atoms with Crippen molar-refractivity contribution in [1.29, 1.82) is 0 Å². The van der Waals surface area contributed by atoms with E-state index >= 15 is 0 Å². The lowest BCUT2D eigenvalue weighted by Crippen LogP contribution is -2.04. The highest BCUT2D eigenvalue weighted by molar-refractivity contribution is 6.12. The molecule has 6 aromatic carbocycles. The molecule has 0 radical (unpaired) electrons. The Hall–Kier alpha value is -6.60. The average molecular weight is 619 g/mol. The molecule has 228 valence electrons. The van der Waals surface area contributed by atoms with E-state index in [-0.39, 0.29) is 22.9 Å². The molecular formula is C40H26O7. The van der Waals surface area contributed by atoms with Crippen molar-refractivity contribution in [3.05, 3.63) is 191 Å². The van der Waals surface area contributed by atoms with Gasteiger partial charge >= 0.3 is 5.97 Å². The predicted molar refractivity (Wildman–Crippen MR) is 176 cm³/mol. The molecule has 6 rings (SSSR count). The summed E-state index contributed by atoms with van der Waals surface area (Å²) in [4.78, 5) is 50.0. The van der Waals surface area contributed by atoms with E-state index in [0.717, 1.165) is 0 Å². The van der Waals surface area contributed by atoms with Crippen molar-refractivity contribution in [3.8, 4) is 23.0 Å². The van der Waals surface area contributed by atoms with Gasteiger partial charge in [-0.1, -0.05) is 54.6 Å². The molecule has 0 aliphatic rings. The smallest absolute Gasteiger partial charge is 0.335 e. The Labute approximate surface area is 270 Å². The van der Waals surface area contributed by atoms with Crippen molar-refractivity contribution in [2.45, 2.75) is 0 Å². The van der Waals surface area contributed by atoms with Gasteiger partial charge in [-0.05, 0) is 97.1 Å². The third kappa shape index (κ3) is 7.21. The molecule has 0 unspecified atom stereocenters. The molecule has 7 nitrogen and oxygen atoms in total. The largest absolute Gasteiger partial charge is 0.478 e. The van der Waals surface area contributed by atoms with Gasteiger partial charge in [0.2, 0.25) is 0 Å². The number of carboxylic acid groups (broad SMARTS) is 1. The summed E-state index contributed by atoms with van der Waals surface area (Å²) in [5.74, 6) is 0.682. The fourth-order valence-corrected chi connectivity index (χ4v) is 4.82. The third-order valence-electron chi connectivity index (χ3n) is 7.37. The quantitative estimate of drug-likeness (QED) is 0.145. The highest BCUT2D eigenvalue weighted by Gasteiger charge is 2.14. The number of aromatic carboxylic acids is 1. The lowest BCUT2D eigenvalue weighted by molar-refractivity contribution is 0.0696. The number of hydrogen-bond acceptors (Lipinski definition) is 6. The summed E-state index contributed by atoms with van der Waals surface area (Å²) in [5, 5.41) is 9.04. The number of rotatable bonds is 11. The van der Waals surface area contributed by atoms with Gasteiger partial charge in [-0.2, -0.15) is 0 Å². The highest BCUT2D eigenvalue weighted by Crippen LogP contribution is 2.25. The zero-order chi connectivity index (χ0) is 32.8. The number of ketones is 3. The average Bonchev–Trinajstić information content (AvgIpc) is 3.12. The number of benzene rings is 6. The fourth-order valence-electron chi connectivity index (χ4n) is 4.82. The van der Waals surface area contributed by atoms with E-state index in [1.807, 2.05) is 30.3 Å². The van der Waals surface area contributed by atoms with Gasteiger partial charge in [0.15, 0.2) is 17.3 Å².